The smallest absolute Gasteiger partial charge is 0.280 e. The molecule has 5 nitrogen and oxygen atoms in total. The molecule has 1 aromatic rings. The Morgan fingerprint density at radius 1 is 1.60 bits per heavy atom. The maximum atomic E-state index is 10.7. The van der Waals surface area contributed by atoms with Crippen molar-refractivity contribution < 1.29 is 14.8 Å². The topological polar surface area (TPSA) is 72.6 Å². The highest BCUT2D eigenvalue weighted by Crippen LogP contribution is 2.25. The number of hydrogen-bond acceptors (Lipinski definition) is 4. The number of rotatable bonds is 4. The highest BCUT2D eigenvalue weighted by Gasteiger charge is 2.12. The monoisotopic (exact) mass is 209 g/mol. The molecule has 0 bridgehead atoms. The Kier molecular flexibility index (Phi) is 3.82. The molecule has 0 atom stereocenters. The fourth-order valence-corrected chi connectivity index (χ4v) is 1.13. The van der Waals surface area contributed by atoms with Crippen LogP contribution in [0.15, 0.2) is 24.3 Å². The first-order valence-corrected chi connectivity index (χ1v) is 4.29. The number of nitro groups is 1. The van der Waals surface area contributed by atoms with Gasteiger partial charge in [0.1, 0.15) is 5.75 Å². The number of nitro benzene ring substituents is 1. The third-order valence-electron chi connectivity index (χ3n) is 1.84. The van der Waals surface area contributed by atoms with Crippen molar-refractivity contribution in [3.63, 3.8) is 0 Å². The van der Waals surface area contributed by atoms with Gasteiger partial charge >= 0.3 is 0 Å². The van der Waals surface area contributed by atoms with Crippen LogP contribution in [-0.4, -0.2) is 23.7 Å². The van der Waals surface area contributed by atoms with Crippen LogP contribution in [0.2, 0.25) is 0 Å². The molecule has 0 unspecified atom stereocenters. The van der Waals surface area contributed by atoms with Gasteiger partial charge in [-0.25, -0.2) is 0 Å². The molecule has 0 aliphatic rings. The van der Waals surface area contributed by atoms with E-state index in [1.165, 1.54) is 25.3 Å². The fraction of sp³-hybridized carbons (Fsp3) is 0.200. The van der Waals surface area contributed by atoms with Crippen LogP contribution in [-0.2, 0) is 0 Å². The summed E-state index contributed by atoms with van der Waals surface area (Å²) in [5, 5.41) is 19.3. The zero-order chi connectivity index (χ0) is 11.3. The predicted octanol–water partition coefficient (Wildman–Crippen LogP) is 1.61. The average molecular weight is 209 g/mol. The van der Waals surface area contributed by atoms with E-state index in [0.717, 1.165) is 0 Å². The van der Waals surface area contributed by atoms with Gasteiger partial charge in [0, 0.05) is 0 Å². The Hall–Kier alpha value is -1.88. The SMILES string of the molecule is COc1ccc(C=CCO)c([N+](=O)[O-])c1. The molecule has 15 heavy (non-hydrogen) atoms. The normalized spacial score (nSPS) is 10.5. The number of ether oxygens (including phenoxy) is 1. The van der Waals surface area contributed by atoms with Gasteiger partial charge in [0.25, 0.3) is 5.69 Å². The van der Waals surface area contributed by atoms with Gasteiger partial charge in [-0.1, -0.05) is 6.08 Å². The van der Waals surface area contributed by atoms with Gasteiger partial charge < -0.3 is 9.84 Å². The first-order valence-electron chi connectivity index (χ1n) is 4.29. The molecule has 0 saturated heterocycles. The zero-order valence-electron chi connectivity index (χ0n) is 8.21. The molecule has 1 aromatic carbocycles. The Morgan fingerprint density at radius 2 is 2.33 bits per heavy atom. The number of aliphatic hydroxyl groups is 1. The standard InChI is InChI=1S/C10H11NO4/c1-15-9-5-4-8(3-2-6-12)10(7-9)11(13)14/h2-5,7,12H,6H2,1H3. The molecular weight excluding hydrogens is 198 g/mol. The number of hydrogen-bond donors (Lipinski definition) is 1. The Bertz CT molecular complexity index is 387. The second-order valence-electron chi connectivity index (χ2n) is 2.77. The molecule has 0 aromatic heterocycles. The lowest BCUT2D eigenvalue weighted by Gasteiger charge is -2.01. The molecule has 0 heterocycles. The van der Waals surface area contributed by atoms with E-state index in [9.17, 15) is 10.1 Å². The van der Waals surface area contributed by atoms with Crippen LogP contribution in [0.3, 0.4) is 0 Å². The first kappa shape index (κ1) is 11.2. The summed E-state index contributed by atoms with van der Waals surface area (Å²) in [5.74, 6) is 0.433. The molecule has 0 aliphatic carbocycles. The van der Waals surface area contributed by atoms with Gasteiger partial charge in [0.15, 0.2) is 0 Å². The maximum absolute atomic E-state index is 10.7. The minimum absolute atomic E-state index is 0.0425. The van der Waals surface area contributed by atoms with E-state index in [1.54, 1.807) is 12.1 Å². The molecule has 5 heteroatoms. The number of benzene rings is 1. The lowest BCUT2D eigenvalue weighted by atomic mass is 10.1. The summed E-state index contributed by atoms with van der Waals surface area (Å²) in [6, 6.07) is 4.55. The van der Waals surface area contributed by atoms with Crippen molar-refractivity contribution >= 4 is 11.8 Å². The molecule has 80 valence electrons. The van der Waals surface area contributed by atoms with Crippen molar-refractivity contribution in [2.75, 3.05) is 13.7 Å². The van der Waals surface area contributed by atoms with Crippen molar-refractivity contribution in [3.05, 3.63) is 40.0 Å². The van der Waals surface area contributed by atoms with Crippen molar-refractivity contribution in [3.8, 4) is 5.75 Å². The minimum Gasteiger partial charge on any atom is -0.497 e. The Labute approximate surface area is 86.8 Å². The average Bonchev–Trinajstić information content (AvgIpc) is 2.26. The summed E-state index contributed by atoms with van der Waals surface area (Å²) in [5.41, 5.74) is 0.397. The van der Waals surface area contributed by atoms with Crippen molar-refractivity contribution in [2.45, 2.75) is 0 Å². The highest BCUT2D eigenvalue weighted by molar-refractivity contribution is 5.62. The lowest BCUT2D eigenvalue weighted by Crippen LogP contribution is -1.93. The highest BCUT2D eigenvalue weighted by atomic mass is 16.6. The lowest BCUT2D eigenvalue weighted by molar-refractivity contribution is -0.385. The van der Waals surface area contributed by atoms with E-state index < -0.39 is 4.92 Å². The van der Waals surface area contributed by atoms with E-state index in [0.29, 0.717) is 11.3 Å². The van der Waals surface area contributed by atoms with Crippen molar-refractivity contribution in [1.29, 1.82) is 0 Å². The quantitative estimate of drug-likeness (QED) is 0.604. The third-order valence-corrected chi connectivity index (χ3v) is 1.84. The fourth-order valence-electron chi connectivity index (χ4n) is 1.13. The molecule has 0 saturated carbocycles. The van der Waals surface area contributed by atoms with Crippen molar-refractivity contribution in [2.24, 2.45) is 0 Å². The molecule has 0 radical (unpaired) electrons. The number of aliphatic hydroxyl groups excluding tert-OH is 1. The first-order chi connectivity index (χ1) is 7.19. The number of nitrogens with zero attached hydrogens (tertiary/aromatic N) is 1. The van der Waals surface area contributed by atoms with Crippen LogP contribution >= 0.6 is 0 Å². The van der Waals surface area contributed by atoms with Gasteiger partial charge in [-0.05, 0) is 18.2 Å². The predicted molar refractivity (Wildman–Crippen MR) is 55.8 cm³/mol. The zero-order valence-corrected chi connectivity index (χ0v) is 8.21. The van der Waals surface area contributed by atoms with Crippen LogP contribution in [0, 0.1) is 10.1 Å². The van der Waals surface area contributed by atoms with E-state index >= 15 is 0 Å². The minimum atomic E-state index is -0.487. The van der Waals surface area contributed by atoms with Gasteiger partial charge in [0.05, 0.1) is 30.3 Å². The second-order valence-corrected chi connectivity index (χ2v) is 2.77. The summed E-state index contributed by atoms with van der Waals surface area (Å²) in [4.78, 5) is 10.2. The second kappa shape index (κ2) is 5.11. The summed E-state index contributed by atoms with van der Waals surface area (Å²) in [7, 11) is 1.45. The van der Waals surface area contributed by atoms with E-state index in [1.807, 2.05) is 0 Å². The summed E-state index contributed by atoms with van der Waals surface area (Å²) in [6.07, 6.45) is 2.94. The van der Waals surface area contributed by atoms with Gasteiger partial charge in [-0.15, -0.1) is 0 Å². The van der Waals surface area contributed by atoms with Crippen molar-refractivity contribution in [1.82, 2.24) is 0 Å². The number of methoxy groups -OCH3 is 1. The van der Waals surface area contributed by atoms with Crippen LogP contribution in [0.4, 0.5) is 5.69 Å². The molecular formula is C10H11NO4. The molecule has 0 spiro atoms. The molecule has 1 rings (SSSR count). The van der Waals surface area contributed by atoms with Crippen LogP contribution < -0.4 is 4.74 Å². The van der Waals surface area contributed by atoms with E-state index in [2.05, 4.69) is 0 Å². The molecule has 0 amide bonds. The van der Waals surface area contributed by atoms with Crippen LogP contribution in [0.25, 0.3) is 6.08 Å². The maximum Gasteiger partial charge on any atom is 0.280 e. The van der Waals surface area contributed by atoms with Gasteiger partial charge in [-0.3, -0.25) is 10.1 Å². The van der Waals surface area contributed by atoms with Crippen LogP contribution in [0.5, 0.6) is 5.75 Å². The van der Waals surface area contributed by atoms with E-state index in [4.69, 9.17) is 9.84 Å². The third kappa shape index (κ3) is 2.78. The summed E-state index contributed by atoms with van der Waals surface area (Å²) >= 11 is 0. The summed E-state index contributed by atoms with van der Waals surface area (Å²) in [6.45, 7) is -0.150. The molecule has 0 aliphatic heterocycles. The Morgan fingerprint density at radius 3 is 2.87 bits per heavy atom. The van der Waals surface area contributed by atoms with Crippen LogP contribution in [0.1, 0.15) is 5.56 Å². The van der Waals surface area contributed by atoms with Gasteiger partial charge in [0.2, 0.25) is 0 Å². The van der Waals surface area contributed by atoms with Gasteiger partial charge in [-0.2, -0.15) is 0 Å². The van der Waals surface area contributed by atoms with E-state index in [-0.39, 0.29) is 12.3 Å². The Balaban J connectivity index is 3.15. The largest absolute Gasteiger partial charge is 0.497 e. The molecule has 0 fully saturated rings. The summed E-state index contributed by atoms with van der Waals surface area (Å²) < 4.78 is 4.89. The molecule has 1 N–H and O–H groups in total.